The Labute approximate surface area is 369 Å². The van der Waals surface area contributed by atoms with Crippen LogP contribution in [0.2, 0.25) is 0 Å². The fraction of sp³-hybridized carbons (Fsp3) is 0.0492. The number of hydrogen-bond donors (Lipinski definition) is 1. The van der Waals surface area contributed by atoms with Gasteiger partial charge in [0.25, 0.3) is 0 Å². The van der Waals surface area contributed by atoms with Gasteiger partial charge in [0.15, 0.2) is 5.58 Å². The van der Waals surface area contributed by atoms with Gasteiger partial charge in [0.05, 0.1) is 5.52 Å². The van der Waals surface area contributed by atoms with Gasteiger partial charge in [-0.25, -0.2) is 0 Å². The number of furan rings is 2. The molecule has 0 aliphatic carbocycles. The molecule has 3 heterocycles. The van der Waals surface area contributed by atoms with E-state index in [1.807, 2.05) is 12.1 Å². The number of para-hydroxylation sites is 3. The molecule has 302 valence electrons. The first-order chi connectivity index (χ1) is 31.7. The highest BCUT2D eigenvalue weighted by atomic mass is 16.3. The minimum atomic E-state index is 0.170. The van der Waals surface area contributed by atoms with Crippen molar-refractivity contribution in [3.63, 3.8) is 0 Å². The summed E-state index contributed by atoms with van der Waals surface area (Å²) in [7, 11) is 0. The van der Waals surface area contributed by atoms with Crippen molar-refractivity contribution in [3.05, 3.63) is 229 Å². The predicted molar refractivity (Wildman–Crippen MR) is 267 cm³/mol. The van der Waals surface area contributed by atoms with Gasteiger partial charge in [0, 0.05) is 37.8 Å². The van der Waals surface area contributed by atoms with Crippen molar-refractivity contribution >= 4 is 76.5 Å². The molecule has 13 aromatic rings. The third kappa shape index (κ3) is 6.04. The zero-order valence-corrected chi connectivity index (χ0v) is 35.0. The summed E-state index contributed by atoms with van der Waals surface area (Å²) >= 11 is 0. The first-order valence-corrected chi connectivity index (χ1v) is 22.2. The molecule has 13 rings (SSSR count). The van der Waals surface area contributed by atoms with Crippen molar-refractivity contribution in [2.75, 3.05) is 0 Å². The van der Waals surface area contributed by atoms with E-state index in [1.165, 1.54) is 71.6 Å². The number of H-pyrrole nitrogens is 1. The Bertz CT molecular complexity index is 3900. The number of aromatic amines is 1. The monoisotopic (exact) mass is 819 g/mol. The summed E-state index contributed by atoms with van der Waals surface area (Å²) < 4.78 is 13.1. The molecule has 0 aliphatic rings. The third-order valence-electron chi connectivity index (χ3n) is 13.5. The van der Waals surface area contributed by atoms with Gasteiger partial charge < -0.3 is 13.8 Å². The molecular weight excluding hydrogens is 779 g/mol. The Morgan fingerprint density at radius 2 is 1.05 bits per heavy atom. The second-order valence-corrected chi connectivity index (χ2v) is 17.2. The Hall–Kier alpha value is -8.14. The average Bonchev–Trinajstić information content (AvgIpc) is 4.05. The number of benzene rings is 10. The fourth-order valence-electron chi connectivity index (χ4n) is 10.4. The van der Waals surface area contributed by atoms with Crippen LogP contribution in [-0.2, 0) is 12.8 Å². The van der Waals surface area contributed by atoms with Crippen LogP contribution in [0.25, 0.3) is 110 Å². The average molecular weight is 820 g/mol. The molecule has 0 bridgehead atoms. The van der Waals surface area contributed by atoms with Gasteiger partial charge >= 0.3 is 0 Å². The van der Waals surface area contributed by atoms with Crippen molar-refractivity contribution in [2.24, 2.45) is 0 Å². The van der Waals surface area contributed by atoms with E-state index < -0.39 is 0 Å². The maximum Gasteiger partial charge on any atom is 0.159 e. The van der Waals surface area contributed by atoms with Gasteiger partial charge in [-0.2, -0.15) is 0 Å². The molecule has 0 aliphatic heterocycles. The van der Waals surface area contributed by atoms with Crippen LogP contribution in [0.4, 0.5) is 0 Å². The fourth-order valence-corrected chi connectivity index (χ4v) is 10.4. The lowest BCUT2D eigenvalue weighted by Crippen LogP contribution is -2.08. The van der Waals surface area contributed by atoms with Crippen molar-refractivity contribution in [2.45, 2.75) is 18.8 Å². The number of hydrogen-bond acceptors (Lipinski definition) is 2. The number of aromatic nitrogens is 1. The summed E-state index contributed by atoms with van der Waals surface area (Å²) in [5.41, 5.74) is 16.9. The lowest BCUT2D eigenvalue weighted by Gasteiger charge is -2.21. The molecule has 64 heavy (non-hydrogen) atoms. The topological polar surface area (TPSA) is 42.1 Å². The predicted octanol–water partition coefficient (Wildman–Crippen LogP) is 16.8. The quantitative estimate of drug-likeness (QED) is 0.166. The second kappa shape index (κ2) is 14.8. The summed E-state index contributed by atoms with van der Waals surface area (Å²) in [6, 6.07) is 77.1. The largest absolute Gasteiger partial charge is 0.456 e. The standard InChI is InChI=1S/C61H41NO2/c1-2-13-40(14-3-1)52-35-44(53-37-54-49-19-8-11-24-57(49)64-61(54)60-59(53)51-20-6-9-22-55(51)62-60)30-29-43(52)34-45(42-31-32-50-48-18-7-10-23-56(48)63-58(50)36-42)33-38-25-27-41(28-26-38)47-21-12-16-39-15-4-5-17-46(39)47/h1-32,35-37,45,62H,33-34H2. The number of nitrogens with one attached hydrogen (secondary N) is 1. The maximum atomic E-state index is 6.58. The van der Waals surface area contributed by atoms with Crippen LogP contribution in [0, 0.1) is 0 Å². The van der Waals surface area contributed by atoms with Crippen LogP contribution in [0.5, 0.6) is 0 Å². The molecule has 0 fully saturated rings. The SMILES string of the molecule is c1ccc(-c2cc(-c3cc4c5ccccc5oc4c4[nH]c5ccccc5c34)ccc2CC(Cc2ccc(-c3cccc4ccccc34)cc2)c2ccc3c(c2)oc2ccccc23)cc1. The van der Waals surface area contributed by atoms with Crippen LogP contribution in [0.15, 0.2) is 221 Å². The molecule has 0 spiro atoms. The van der Waals surface area contributed by atoms with E-state index in [-0.39, 0.29) is 5.92 Å². The Morgan fingerprint density at radius 1 is 0.391 bits per heavy atom. The van der Waals surface area contributed by atoms with Crippen LogP contribution >= 0.6 is 0 Å². The smallest absolute Gasteiger partial charge is 0.159 e. The van der Waals surface area contributed by atoms with E-state index in [0.717, 1.165) is 67.8 Å². The van der Waals surface area contributed by atoms with E-state index >= 15 is 0 Å². The third-order valence-corrected chi connectivity index (χ3v) is 13.5. The highest BCUT2D eigenvalue weighted by molar-refractivity contribution is 6.25. The van der Waals surface area contributed by atoms with E-state index in [9.17, 15) is 0 Å². The van der Waals surface area contributed by atoms with Crippen molar-refractivity contribution in [1.82, 2.24) is 4.98 Å². The molecule has 1 N–H and O–H groups in total. The highest BCUT2D eigenvalue weighted by Crippen LogP contribution is 2.44. The molecule has 1 atom stereocenters. The molecule has 0 saturated heterocycles. The Balaban J connectivity index is 0.956. The minimum absolute atomic E-state index is 0.170. The van der Waals surface area contributed by atoms with Crippen molar-refractivity contribution < 1.29 is 8.83 Å². The van der Waals surface area contributed by atoms with Gasteiger partial charge in [-0.15, -0.1) is 0 Å². The van der Waals surface area contributed by atoms with Crippen LogP contribution in [0.1, 0.15) is 22.6 Å². The Morgan fingerprint density at radius 3 is 1.89 bits per heavy atom. The normalized spacial score (nSPS) is 12.4. The van der Waals surface area contributed by atoms with Gasteiger partial charge in [-0.05, 0) is 116 Å². The zero-order valence-electron chi connectivity index (χ0n) is 35.0. The highest BCUT2D eigenvalue weighted by Gasteiger charge is 2.22. The summed E-state index contributed by atoms with van der Waals surface area (Å²) in [5, 5.41) is 9.43. The molecule has 0 saturated carbocycles. The van der Waals surface area contributed by atoms with Gasteiger partial charge in [-0.3, -0.25) is 0 Å². The summed E-state index contributed by atoms with van der Waals surface area (Å²) in [6.07, 6.45) is 1.72. The summed E-state index contributed by atoms with van der Waals surface area (Å²) in [5.74, 6) is 0.170. The molecule has 0 radical (unpaired) electrons. The van der Waals surface area contributed by atoms with Crippen molar-refractivity contribution in [3.8, 4) is 33.4 Å². The molecular formula is C61H41NO2. The second-order valence-electron chi connectivity index (χ2n) is 17.2. The summed E-state index contributed by atoms with van der Waals surface area (Å²) in [6.45, 7) is 0. The van der Waals surface area contributed by atoms with E-state index in [1.54, 1.807) is 0 Å². The van der Waals surface area contributed by atoms with Crippen LogP contribution in [-0.4, -0.2) is 4.98 Å². The van der Waals surface area contributed by atoms with E-state index in [2.05, 4.69) is 205 Å². The number of rotatable bonds is 8. The maximum absolute atomic E-state index is 6.58. The first-order valence-electron chi connectivity index (χ1n) is 22.2. The van der Waals surface area contributed by atoms with Gasteiger partial charge in [-0.1, -0.05) is 176 Å². The van der Waals surface area contributed by atoms with Gasteiger partial charge in [0.1, 0.15) is 16.7 Å². The Kier molecular flexibility index (Phi) is 8.42. The zero-order chi connectivity index (χ0) is 42.1. The van der Waals surface area contributed by atoms with E-state index in [0.29, 0.717) is 0 Å². The van der Waals surface area contributed by atoms with Crippen LogP contribution in [0.3, 0.4) is 0 Å². The molecule has 10 aromatic carbocycles. The van der Waals surface area contributed by atoms with E-state index in [4.69, 9.17) is 8.83 Å². The molecule has 3 aromatic heterocycles. The number of fused-ring (bicyclic) bond motifs is 11. The van der Waals surface area contributed by atoms with Crippen LogP contribution < -0.4 is 0 Å². The molecule has 3 heteroatoms. The minimum Gasteiger partial charge on any atom is -0.456 e. The molecule has 3 nitrogen and oxygen atoms in total. The van der Waals surface area contributed by atoms with Crippen molar-refractivity contribution in [1.29, 1.82) is 0 Å². The lowest BCUT2D eigenvalue weighted by atomic mass is 9.83. The lowest BCUT2D eigenvalue weighted by molar-refractivity contribution is 0.657. The molecule has 1 unspecified atom stereocenters. The summed E-state index contributed by atoms with van der Waals surface area (Å²) in [4.78, 5) is 3.76. The molecule has 0 amide bonds. The van der Waals surface area contributed by atoms with Gasteiger partial charge in [0.2, 0.25) is 0 Å². The first kappa shape index (κ1) is 36.5.